The zero-order valence-electron chi connectivity index (χ0n) is 8.96. The maximum absolute atomic E-state index is 5.65. The zero-order valence-corrected chi connectivity index (χ0v) is 8.96. The maximum atomic E-state index is 5.65. The molecular weight excluding hydrogens is 174 g/mol. The van der Waals surface area contributed by atoms with Crippen molar-refractivity contribution in [3.8, 4) is 0 Å². The first-order valence-corrected chi connectivity index (χ1v) is 5.21. The summed E-state index contributed by atoms with van der Waals surface area (Å²) in [5.74, 6) is 1.59. The van der Waals surface area contributed by atoms with Gasteiger partial charge in [0.15, 0.2) is 0 Å². The van der Waals surface area contributed by atoms with Crippen molar-refractivity contribution in [2.24, 2.45) is 5.92 Å². The van der Waals surface area contributed by atoms with Crippen LogP contribution < -0.4 is 11.1 Å². The van der Waals surface area contributed by atoms with Crippen LogP contribution in [0.2, 0.25) is 0 Å². The summed E-state index contributed by atoms with van der Waals surface area (Å²) in [7, 11) is 0. The van der Waals surface area contributed by atoms with Crippen molar-refractivity contribution in [2.45, 2.75) is 26.7 Å². The van der Waals surface area contributed by atoms with Gasteiger partial charge in [0, 0.05) is 24.5 Å². The number of rotatable bonds is 5. The van der Waals surface area contributed by atoms with Gasteiger partial charge in [-0.15, -0.1) is 0 Å². The summed E-state index contributed by atoms with van der Waals surface area (Å²) in [5, 5.41) is 3.30. The second-order valence-electron chi connectivity index (χ2n) is 3.54. The molecule has 0 radical (unpaired) electrons. The molecule has 3 heteroatoms. The normalized spacial score (nSPS) is 10.5. The van der Waals surface area contributed by atoms with E-state index in [1.807, 2.05) is 6.07 Å². The highest BCUT2D eigenvalue weighted by Gasteiger charge is 2.02. The molecule has 0 unspecified atom stereocenters. The van der Waals surface area contributed by atoms with E-state index in [0.717, 1.165) is 24.0 Å². The number of aromatic nitrogens is 1. The van der Waals surface area contributed by atoms with Crippen molar-refractivity contribution in [3.63, 3.8) is 0 Å². The lowest BCUT2D eigenvalue weighted by Gasteiger charge is -2.13. The quantitative estimate of drug-likeness (QED) is 0.755. The summed E-state index contributed by atoms with van der Waals surface area (Å²) < 4.78 is 0. The molecule has 3 N–H and O–H groups in total. The van der Waals surface area contributed by atoms with Crippen LogP contribution in [-0.2, 0) is 0 Å². The van der Waals surface area contributed by atoms with Crippen LogP contribution in [-0.4, -0.2) is 11.5 Å². The molecule has 1 heterocycles. The molecule has 0 spiro atoms. The van der Waals surface area contributed by atoms with Gasteiger partial charge in [-0.05, 0) is 12.0 Å². The predicted molar refractivity (Wildman–Crippen MR) is 61.2 cm³/mol. The molecule has 0 aliphatic heterocycles. The second kappa shape index (κ2) is 5.47. The summed E-state index contributed by atoms with van der Waals surface area (Å²) in [4.78, 5) is 4.19. The molecule has 0 aliphatic carbocycles. The average Bonchev–Trinajstić information content (AvgIpc) is 2.19. The van der Waals surface area contributed by atoms with Crippen LogP contribution in [0.1, 0.15) is 26.7 Å². The Bertz CT molecular complexity index is 269. The Morgan fingerprint density at radius 1 is 1.43 bits per heavy atom. The summed E-state index contributed by atoms with van der Waals surface area (Å²) in [5.41, 5.74) is 6.41. The monoisotopic (exact) mass is 193 g/mol. The number of hydrogen-bond acceptors (Lipinski definition) is 3. The lowest BCUT2D eigenvalue weighted by Crippen LogP contribution is -2.13. The molecule has 0 atom stereocenters. The molecule has 0 saturated heterocycles. The number of nitrogens with zero attached hydrogens (tertiary/aromatic N) is 1. The molecule has 0 amide bonds. The highest BCUT2D eigenvalue weighted by Crippen LogP contribution is 2.11. The van der Waals surface area contributed by atoms with Gasteiger partial charge >= 0.3 is 0 Å². The molecule has 1 aromatic heterocycles. The Labute approximate surface area is 85.7 Å². The Hall–Kier alpha value is -1.25. The fourth-order valence-electron chi connectivity index (χ4n) is 1.37. The van der Waals surface area contributed by atoms with E-state index < -0.39 is 0 Å². The first kappa shape index (κ1) is 10.8. The number of nitrogens with one attached hydrogen (secondary N) is 1. The lowest BCUT2D eigenvalue weighted by atomic mass is 10.0. The van der Waals surface area contributed by atoms with E-state index in [1.165, 1.54) is 12.8 Å². The van der Waals surface area contributed by atoms with Crippen LogP contribution in [0.5, 0.6) is 0 Å². The Balaban J connectivity index is 2.44. The van der Waals surface area contributed by atoms with Crippen LogP contribution in [0.3, 0.4) is 0 Å². The smallest absolute Gasteiger partial charge is 0.127 e. The van der Waals surface area contributed by atoms with Crippen LogP contribution in [0, 0.1) is 5.92 Å². The summed E-state index contributed by atoms with van der Waals surface area (Å²) >= 11 is 0. The maximum Gasteiger partial charge on any atom is 0.127 e. The third-order valence-corrected chi connectivity index (χ3v) is 2.51. The van der Waals surface area contributed by atoms with Crippen molar-refractivity contribution in [1.82, 2.24) is 4.98 Å². The van der Waals surface area contributed by atoms with Crippen molar-refractivity contribution in [3.05, 3.63) is 18.3 Å². The van der Waals surface area contributed by atoms with Crippen molar-refractivity contribution in [2.75, 3.05) is 17.6 Å². The van der Waals surface area contributed by atoms with Crippen molar-refractivity contribution in [1.29, 1.82) is 0 Å². The Morgan fingerprint density at radius 2 is 2.14 bits per heavy atom. The molecule has 0 saturated carbocycles. The average molecular weight is 193 g/mol. The third kappa shape index (κ3) is 3.24. The van der Waals surface area contributed by atoms with E-state index in [2.05, 4.69) is 24.1 Å². The van der Waals surface area contributed by atoms with Gasteiger partial charge in [-0.1, -0.05) is 26.7 Å². The van der Waals surface area contributed by atoms with Gasteiger partial charge in [0.05, 0.1) is 0 Å². The van der Waals surface area contributed by atoms with Gasteiger partial charge in [0.25, 0.3) is 0 Å². The van der Waals surface area contributed by atoms with E-state index in [9.17, 15) is 0 Å². The van der Waals surface area contributed by atoms with Gasteiger partial charge in [-0.2, -0.15) is 0 Å². The summed E-state index contributed by atoms with van der Waals surface area (Å²) in [6, 6.07) is 3.66. The van der Waals surface area contributed by atoms with E-state index >= 15 is 0 Å². The molecular formula is C11H19N3. The molecule has 0 fully saturated rings. The number of pyridine rings is 1. The first-order chi connectivity index (χ1) is 6.76. The molecule has 3 nitrogen and oxygen atoms in total. The highest BCUT2D eigenvalue weighted by molar-refractivity contribution is 5.48. The summed E-state index contributed by atoms with van der Waals surface area (Å²) in [6.45, 7) is 5.40. The second-order valence-corrected chi connectivity index (χ2v) is 3.54. The minimum absolute atomic E-state index is 0.721. The molecule has 0 aromatic carbocycles. The van der Waals surface area contributed by atoms with Crippen LogP contribution >= 0.6 is 0 Å². The minimum Gasteiger partial charge on any atom is -0.399 e. The van der Waals surface area contributed by atoms with E-state index in [0.29, 0.717) is 0 Å². The zero-order chi connectivity index (χ0) is 10.4. The van der Waals surface area contributed by atoms with Crippen LogP contribution in [0.15, 0.2) is 18.3 Å². The van der Waals surface area contributed by atoms with Gasteiger partial charge in [0.1, 0.15) is 5.82 Å². The third-order valence-electron chi connectivity index (χ3n) is 2.51. The van der Waals surface area contributed by atoms with Gasteiger partial charge in [-0.3, -0.25) is 0 Å². The molecule has 1 aromatic rings. The molecule has 0 aliphatic rings. The van der Waals surface area contributed by atoms with Crippen LogP contribution in [0.25, 0.3) is 0 Å². The topological polar surface area (TPSA) is 50.9 Å². The lowest BCUT2D eigenvalue weighted by molar-refractivity contribution is 0.518. The van der Waals surface area contributed by atoms with E-state index in [4.69, 9.17) is 5.73 Å². The van der Waals surface area contributed by atoms with Gasteiger partial charge in [-0.25, -0.2) is 4.98 Å². The number of hydrogen-bond donors (Lipinski definition) is 2. The molecule has 1 rings (SSSR count). The van der Waals surface area contributed by atoms with E-state index in [1.54, 1.807) is 12.3 Å². The highest BCUT2D eigenvalue weighted by atomic mass is 15.0. The molecule has 0 bridgehead atoms. The SMILES string of the molecule is CCC(CC)CNc1cc(N)ccn1. The van der Waals surface area contributed by atoms with Gasteiger partial charge < -0.3 is 11.1 Å². The molecule has 14 heavy (non-hydrogen) atoms. The first-order valence-electron chi connectivity index (χ1n) is 5.21. The van der Waals surface area contributed by atoms with Gasteiger partial charge in [0.2, 0.25) is 0 Å². The predicted octanol–water partition coefficient (Wildman–Crippen LogP) is 2.51. The van der Waals surface area contributed by atoms with E-state index in [-0.39, 0.29) is 0 Å². The largest absolute Gasteiger partial charge is 0.399 e. The van der Waals surface area contributed by atoms with Crippen LogP contribution in [0.4, 0.5) is 11.5 Å². The van der Waals surface area contributed by atoms with Crippen molar-refractivity contribution >= 4 is 11.5 Å². The van der Waals surface area contributed by atoms with Crippen molar-refractivity contribution < 1.29 is 0 Å². The Morgan fingerprint density at radius 3 is 2.71 bits per heavy atom. The number of anilines is 2. The number of nitrogen functional groups attached to an aromatic ring is 1. The Kier molecular flexibility index (Phi) is 4.23. The number of nitrogens with two attached hydrogens (primary N) is 1. The fraction of sp³-hybridized carbons (Fsp3) is 0.545. The minimum atomic E-state index is 0.721. The standard InChI is InChI=1S/C11H19N3/c1-3-9(4-2)8-14-11-7-10(12)5-6-13-11/h5-7,9H,3-4,8H2,1-2H3,(H3,12,13,14). The molecule has 78 valence electrons. The summed E-state index contributed by atoms with van der Waals surface area (Å²) in [6.07, 6.45) is 4.13. The fourth-order valence-corrected chi connectivity index (χ4v) is 1.37.